The van der Waals surface area contributed by atoms with E-state index in [1.165, 1.54) is 7.11 Å². The summed E-state index contributed by atoms with van der Waals surface area (Å²) in [5.41, 5.74) is 5.31. The number of primary amides is 1. The predicted molar refractivity (Wildman–Crippen MR) is 66.6 cm³/mol. The van der Waals surface area contributed by atoms with Gasteiger partial charge in [0, 0.05) is 12.0 Å². The fourth-order valence-electron chi connectivity index (χ4n) is 2.75. The molecular formula is C13H22N2O3. The lowest BCUT2D eigenvalue weighted by molar-refractivity contribution is -0.144. The first kappa shape index (κ1) is 13.3. The van der Waals surface area contributed by atoms with Gasteiger partial charge < -0.3 is 15.8 Å². The van der Waals surface area contributed by atoms with Crippen LogP contribution in [-0.2, 0) is 14.3 Å². The fourth-order valence-corrected chi connectivity index (χ4v) is 2.75. The molecule has 5 heteroatoms. The van der Waals surface area contributed by atoms with Crippen molar-refractivity contribution in [3.05, 3.63) is 0 Å². The Morgan fingerprint density at radius 2 is 1.78 bits per heavy atom. The number of nitrogens with two attached hydrogens (primary N) is 1. The van der Waals surface area contributed by atoms with E-state index < -0.39 is 0 Å². The summed E-state index contributed by atoms with van der Waals surface area (Å²) >= 11 is 0. The Morgan fingerprint density at radius 3 is 2.22 bits per heavy atom. The largest absolute Gasteiger partial charge is 0.468 e. The van der Waals surface area contributed by atoms with Crippen molar-refractivity contribution in [2.24, 2.45) is 17.6 Å². The normalized spacial score (nSPS) is 29.6. The third kappa shape index (κ3) is 3.22. The van der Waals surface area contributed by atoms with Gasteiger partial charge in [0.2, 0.25) is 5.91 Å². The van der Waals surface area contributed by atoms with Crippen molar-refractivity contribution in [3.8, 4) is 0 Å². The number of hydrogen-bond acceptors (Lipinski definition) is 4. The molecule has 0 saturated heterocycles. The van der Waals surface area contributed by atoms with Crippen molar-refractivity contribution in [3.63, 3.8) is 0 Å². The van der Waals surface area contributed by atoms with E-state index in [1.807, 2.05) is 0 Å². The molecule has 1 atom stereocenters. The Labute approximate surface area is 107 Å². The highest BCUT2D eigenvalue weighted by atomic mass is 16.5. The molecule has 0 spiro atoms. The SMILES string of the molecule is COC(=O)C(NC1CCC(C(N)=O)CC1)C1CC1. The Bertz CT molecular complexity index is 320. The molecule has 2 rings (SSSR count). The lowest BCUT2D eigenvalue weighted by Gasteiger charge is -2.30. The minimum absolute atomic E-state index is 0.0144. The van der Waals surface area contributed by atoms with Gasteiger partial charge in [0.05, 0.1) is 7.11 Å². The Kier molecular flexibility index (Phi) is 4.22. The fraction of sp³-hybridized carbons (Fsp3) is 0.846. The highest BCUT2D eigenvalue weighted by Gasteiger charge is 2.38. The molecule has 0 aromatic carbocycles. The molecule has 2 fully saturated rings. The van der Waals surface area contributed by atoms with Gasteiger partial charge in [-0.15, -0.1) is 0 Å². The summed E-state index contributed by atoms with van der Waals surface area (Å²) in [5.74, 6) is 0.0987. The summed E-state index contributed by atoms with van der Waals surface area (Å²) < 4.78 is 4.84. The van der Waals surface area contributed by atoms with E-state index in [4.69, 9.17) is 10.5 Å². The number of ether oxygens (including phenoxy) is 1. The average Bonchev–Trinajstić information content (AvgIpc) is 3.20. The van der Waals surface area contributed by atoms with Crippen LogP contribution < -0.4 is 11.1 Å². The molecule has 102 valence electrons. The molecule has 3 N–H and O–H groups in total. The molecule has 2 aliphatic carbocycles. The van der Waals surface area contributed by atoms with E-state index in [9.17, 15) is 9.59 Å². The second kappa shape index (κ2) is 5.69. The lowest BCUT2D eigenvalue weighted by Crippen LogP contribution is -2.47. The van der Waals surface area contributed by atoms with Crippen LogP contribution in [0.25, 0.3) is 0 Å². The van der Waals surface area contributed by atoms with Gasteiger partial charge >= 0.3 is 5.97 Å². The summed E-state index contributed by atoms with van der Waals surface area (Å²) in [6, 6.07) is 0.149. The summed E-state index contributed by atoms with van der Waals surface area (Å²) in [6.45, 7) is 0. The van der Waals surface area contributed by atoms with E-state index in [2.05, 4.69) is 5.32 Å². The number of carbonyl (C=O) groups excluding carboxylic acids is 2. The van der Waals surface area contributed by atoms with Gasteiger partial charge in [0.25, 0.3) is 0 Å². The Hall–Kier alpha value is -1.10. The zero-order valence-electron chi connectivity index (χ0n) is 10.9. The third-order valence-electron chi connectivity index (χ3n) is 4.09. The van der Waals surface area contributed by atoms with Crippen LogP contribution in [0.15, 0.2) is 0 Å². The first-order valence-electron chi connectivity index (χ1n) is 6.75. The van der Waals surface area contributed by atoms with E-state index in [1.54, 1.807) is 0 Å². The molecule has 18 heavy (non-hydrogen) atoms. The maximum atomic E-state index is 11.7. The first-order chi connectivity index (χ1) is 8.61. The van der Waals surface area contributed by atoms with Gasteiger partial charge in [-0.05, 0) is 44.4 Å². The van der Waals surface area contributed by atoms with Crippen molar-refractivity contribution in [2.75, 3.05) is 7.11 Å². The molecule has 0 bridgehead atoms. The number of nitrogens with one attached hydrogen (secondary N) is 1. The van der Waals surface area contributed by atoms with Gasteiger partial charge in [-0.3, -0.25) is 9.59 Å². The molecule has 0 heterocycles. The summed E-state index contributed by atoms with van der Waals surface area (Å²) in [6.07, 6.45) is 5.67. The minimum Gasteiger partial charge on any atom is -0.468 e. The topological polar surface area (TPSA) is 81.4 Å². The van der Waals surface area contributed by atoms with Crippen LogP contribution in [-0.4, -0.2) is 31.1 Å². The highest BCUT2D eigenvalue weighted by Crippen LogP contribution is 2.34. The molecule has 0 radical (unpaired) electrons. The Balaban J connectivity index is 1.82. The quantitative estimate of drug-likeness (QED) is 0.703. The predicted octanol–water partition coefficient (Wildman–Crippen LogP) is 0.572. The summed E-state index contributed by atoms with van der Waals surface area (Å²) in [5, 5.41) is 3.40. The molecule has 1 amide bonds. The number of rotatable bonds is 5. The molecular weight excluding hydrogens is 232 g/mol. The van der Waals surface area contributed by atoms with E-state index in [-0.39, 0.29) is 23.8 Å². The number of carbonyl (C=O) groups is 2. The van der Waals surface area contributed by atoms with Crippen LogP contribution in [0.1, 0.15) is 38.5 Å². The van der Waals surface area contributed by atoms with Gasteiger partial charge in [0.15, 0.2) is 0 Å². The van der Waals surface area contributed by atoms with Crippen molar-refractivity contribution in [1.82, 2.24) is 5.32 Å². The second-order valence-corrected chi connectivity index (χ2v) is 5.46. The summed E-state index contributed by atoms with van der Waals surface area (Å²) in [4.78, 5) is 22.8. The number of hydrogen-bond donors (Lipinski definition) is 2. The van der Waals surface area contributed by atoms with Crippen molar-refractivity contribution in [1.29, 1.82) is 0 Å². The van der Waals surface area contributed by atoms with Crippen LogP contribution in [0.2, 0.25) is 0 Å². The zero-order valence-corrected chi connectivity index (χ0v) is 10.9. The average molecular weight is 254 g/mol. The summed E-state index contributed by atoms with van der Waals surface area (Å²) in [7, 11) is 1.43. The van der Waals surface area contributed by atoms with Gasteiger partial charge in [0.1, 0.15) is 6.04 Å². The minimum atomic E-state index is -0.194. The van der Waals surface area contributed by atoms with E-state index in [0.29, 0.717) is 12.0 Å². The highest BCUT2D eigenvalue weighted by molar-refractivity contribution is 5.77. The molecule has 0 aromatic rings. The van der Waals surface area contributed by atoms with Crippen LogP contribution in [0, 0.1) is 11.8 Å². The molecule has 2 aliphatic rings. The molecule has 2 saturated carbocycles. The van der Waals surface area contributed by atoms with Crippen LogP contribution in [0.3, 0.4) is 0 Å². The molecule has 0 aromatic heterocycles. The Morgan fingerprint density at radius 1 is 1.17 bits per heavy atom. The molecule has 5 nitrogen and oxygen atoms in total. The second-order valence-electron chi connectivity index (χ2n) is 5.46. The molecule has 0 aliphatic heterocycles. The maximum Gasteiger partial charge on any atom is 0.323 e. The third-order valence-corrected chi connectivity index (χ3v) is 4.09. The van der Waals surface area contributed by atoms with Crippen molar-refractivity contribution in [2.45, 2.75) is 50.6 Å². The van der Waals surface area contributed by atoms with Gasteiger partial charge in [-0.2, -0.15) is 0 Å². The van der Waals surface area contributed by atoms with E-state index >= 15 is 0 Å². The zero-order chi connectivity index (χ0) is 13.1. The monoisotopic (exact) mass is 254 g/mol. The van der Waals surface area contributed by atoms with Gasteiger partial charge in [-0.25, -0.2) is 0 Å². The van der Waals surface area contributed by atoms with Crippen LogP contribution in [0.4, 0.5) is 0 Å². The number of esters is 1. The van der Waals surface area contributed by atoms with Crippen molar-refractivity contribution >= 4 is 11.9 Å². The van der Waals surface area contributed by atoms with Crippen molar-refractivity contribution < 1.29 is 14.3 Å². The maximum absolute atomic E-state index is 11.7. The van der Waals surface area contributed by atoms with Crippen LogP contribution >= 0.6 is 0 Å². The number of methoxy groups -OCH3 is 1. The van der Waals surface area contributed by atoms with Crippen LogP contribution in [0.5, 0.6) is 0 Å². The molecule has 1 unspecified atom stereocenters. The smallest absolute Gasteiger partial charge is 0.323 e. The van der Waals surface area contributed by atoms with Gasteiger partial charge in [-0.1, -0.05) is 0 Å². The van der Waals surface area contributed by atoms with E-state index in [0.717, 1.165) is 38.5 Å². The standard InChI is InChI=1S/C13H22N2O3/c1-18-13(17)11(8-2-3-8)15-10-6-4-9(5-7-10)12(14)16/h8-11,15H,2-7H2,1H3,(H2,14,16). The lowest BCUT2D eigenvalue weighted by atomic mass is 9.85. The first-order valence-corrected chi connectivity index (χ1v) is 6.75. The number of amides is 1.